The van der Waals surface area contributed by atoms with Crippen molar-refractivity contribution in [3.8, 4) is 0 Å². The molecule has 0 saturated carbocycles. The van der Waals surface area contributed by atoms with E-state index in [0.717, 1.165) is 11.8 Å². The quantitative estimate of drug-likeness (QED) is 0.830. The number of hydrogen-bond acceptors (Lipinski definition) is 3. The zero-order chi connectivity index (χ0) is 15.5. The van der Waals surface area contributed by atoms with E-state index in [-0.39, 0.29) is 11.7 Å². The van der Waals surface area contributed by atoms with Crippen LogP contribution in [0.2, 0.25) is 5.02 Å². The number of amidine groups is 1. The number of aliphatic imine (C=N–C) groups is 1. The third-order valence-corrected chi connectivity index (χ3v) is 4.15. The van der Waals surface area contributed by atoms with Gasteiger partial charge in [-0.2, -0.15) is 0 Å². The predicted octanol–water partition coefficient (Wildman–Crippen LogP) is 4.37. The highest BCUT2D eigenvalue weighted by Gasteiger charge is 2.24. The van der Waals surface area contributed by atoms with Gasteiger partial charge < -0.3 is 5.32 Å². The lowest BCUT2D eigenvalue weighted by Gasteiger charge is -1.98. The maximum Gasteiger partial charge on any atom is 0.264 e. The van der Waals surface area contributed by atoms with Gasteiger partial charge in [0.05, 0.1) is 15.6 Å². The number of para-hydroxylation sites is 1. The molecule has 2 aromatic carbocycles. The number of rotatable bonds is 2. The van der Waals surface area contributed by atoms with E-state index in [1.165, 1.54) is 12.1 Å². The van der Waals surface area contributed by atoms with Crippen LogP contribution >= 0.6 is 23.4 Å². The molecule has 1 aliphatic rings. The monoisotopic (exact) mass is 332 g/mol. The molecule has 1 fully saturated rings. The average molecular weight is 333 g/mol. The third-order valence-electron chi connectivity index (χ3n) is 2.92. The molecule has 1 heterocycles. The van der Waals surface area contributed by atoms with E-state index in [1.807, 2.05) is 6.07 Å². The van der Waals surface area contributed by atoms with E-state index < -0.39 is 0 Å². The second kappa shape index (κ2) is 6.34. The predicted molar refractivity (Wildman–Crippen MR) is 88.7 cm³/mol. The van der Waals surface area contributed by atoms with Crippen LogP contribution in [0.4, 0.5) is 10.1 Å². The first kappa shape index (κ1) is 14.8. The van der Waals surface area contributed by atoms with E-state index in [4.69, 9.17) is 11.6 Å². The fourth-order valence-electron chi connectivity index (χ4n) is 1.87. The van der Waals surface area contributed by atoms with Crippen LogP contribution in [0.3, 0.4) is 0 Å². The van der Waals surface area contributed by atoms with Gasteiger partial charge in [-0.1, -0.05) is 41.9 Å². The molecule has 6 heteroatoms. The molecule has 0 unspecified atom stereocenters. The zero-order valence-electron chi connectivity index (χ0n) is 11.2. The Bertz CT molecular complexity index is 804. The Morgan fingerprint density at radius 2 is 1.86 bits per heavy atom. The number of thioether (sulfide) groups is 1. The summed E-state index contributed by atoms with van der Waals surface area (Å²) in [5.41, 5.74) is 0.929. The summed E-state index contributed by atoms with van der Waals surface area (Å²) in [5.74, 6) is -0.682. The summed E-state index contributed by atoms with van der Waals surface area (Å²) in [7, 11) is 0. The first-order valence-corrected chi connectivity index (χ1v) is 7.61. The molecule has 0 atom stereocenters. The van der Waals surface area contributed by atoms with E-state index in [1.54, 1.807) is 36.4 Å². The first-order chi connectivity index (χ1) is 10.6. The van der Waals surface area contributed by atoms with Crippen LogP contribution < -0.4 is 5.32 Å². The van der Waals surface area contributed by atoms with E-state index in [2.05, 4.69) is 10.3 Å². The minimum absolute atomic E-state index is 0.306. The van der Waals surface area contributed by atoms with Gasteiger partial charge in [0.1, 0.15) is 5.82 Å². The maximum atomic E-state index is 13.6. The Labute approximate surface area is 135 Å². The van der Waals surface area contributed by atoms with Crippen LogP contribution in [-0.2, 0) is 4.79 Å². The molecule has 3 rings (SSSR count). The van der Waals surface area contributed by atoms with Crippen molar-refractivity contribution in [1.29, 1.82) is 0 Å². The highest BCUT2D eigenvalue weighted by molar-refractivity contribution is 8.18. The van der Waals surface area contributed by atoms with Crippen molar-refractivity contribution >= 4 is 46.2 Å². The zero-order valence-corrected chi connectivity index (χ0v) is 12.8. The topological polar surface area (TPSA) is 41.5 Å². The van der Waals surface area contributed by atoms with Gasteiger partial charge in [0, 0.05) is 5.56 Å². The smallest absolute Gasteiger partial charge is 0.264 e. The Kier molecular flexibility index (Phi) is 4.27. The van der Waals surface area contributed by atoms with Crippen molar-refractivity contribution in [1.82, 2.24) is 5.32 Å². The van der Waals surface area contributed by atoms with Crippen LogP contribution in [0, 0.1) is 5.82 Å². The third kappa shape index (κ3) is 3.21. The van der Waals surface area contributed by atoms with Crippen LogP contribution in [0.1, 0.15) is 5.56 Å². The van der Waals surface area contributed by atoms with Crippen molar-refractivity contribution in [2.24, 2.45) is 4.99 Å². The summed E-state index contributed by atoms with van der Waals surface area (Å²) in [6.45, 7) is 0. The normalized spacial score (nSPS) is 18.0. The molecule has 1 amide bonds. The lowest BCUT2D eigenvalue weighted by Crippen LogP contribution is -2.19. The van der Waals surface area contributed by atoms with Crippen molar-refractivity contribution in [3.63, 3.8) is 0 Å². The van der Waals surface area contributed by atoms with Crippen molar-refractivity contribution in [2.45, 2.75) is 0 Å². The summed E-state index contributed by atoms with van der Waals surface area (Å²) in [4.78, 5) is 16.6. The van der Waals surface area contributed by atoms with Crippen LogP contribution in [0.15, 0.2) is 58.4 Å². The lowest BCUT2D eigenvalue weighted by molar-refractivity contribution is -0.115. The number of carbonyl (C=O) groups excluding carboxylic acids is 1. The summed E-state index contributed by atoms with van der Waals surface area (Å²) >= 11 is 7.18. The molecule has 0 spiro atoms. The Balaban J connectivity index is 1.88. The summed E-state index contributed by atoms with van der Waals surface area (Å²) in [6.07, 6.45) is 1.50. The Morgan fingerprint density at radius 3 is 2.64 bits per heavy atom. The van der Waals surface area contributed by atoms with Crippen LogP contribution in [0.5, 0.6) is 0 Å². The average Bonchev–Trinajstić information content (AvgIpc) is 2.84. The number of benzene rings is 2. The minimum atomic E-state index is -0.375. The summed E-state index contributed by atoms with van der Waals surface area (Å²) in [6, 6.07) is 13.4. The molecule has 22 heavy (non-hydrogen) atoms. The van der Waals surface area contributed by atoms with E-state index in [0.29, 0.717) is 26.3 Å². The first-order valence-electron chi connectivity index (χ1n) is 6.42. The second-order valence-electron chi connectivity index (χ2n) is 4.45. The molecular formula is C16H10ClFN2OS. The lowest BCUT2D eigenvalue weighted by atomic mass is 10.2. The van der Waals surface area contributed by atoms with Crippen LogP contribution in [-0.4, -0.2) is 11.1 Å². The fourth-order valence-corrected chi connectivity index (χ4v) is 2.87. The largest absolute Gasteiger partial charge is 0.300 e. The number of carbonyl (C=O) groups is 1. The van der Waals surface area contributed by atoms with Crippen molar-refractivity contribution in [3.05, 3.63) is 69.8 Å². The standard InChI is InChI=1S/C16H10ClFN2OS/c17-11-6-2-4-8-13(11)19-16-20-15(21)14(22-16)9-10-5-1-3-7-12(10)18/h1-9H,(H,19,20,21). The van der Waals surface area contributed by atoms with E-state index in [9.17, 15) is 9.18 Å². The van der Waals surface area contributed by atoms with Gasteiger partial charge >= 0.3 is 0 Å². The molecule has 1 saturated heterocycles. The molecule has 0 aliphatic carbocycles. The molecule has 1 N–H and O–H groups in total. The molecule has 0 aromatic heterocycles. The summed E-state index contributed by atoms with van der Waals surface area (Å²) < 4.78 is 13.6. The SMILES string of the molecule is O=C1NC(=Nc2ccccc2Cl)SC1=Cc1ccccc1F. The van der Waals surface area contributed by atoms with Gasteiger partial charge in [0.25, 0.3) is 5.91 Å². The Morgan fingerprint density at radius 1 is 1.14 bits per heavy atom. The van der Waals surface area contributed by atoms with Crippen molar-refractivity contribution < 1.29 is 9.18 Å². The highest BCUT2D eigenvalue weighted by atomic mass is 35.5. The van der Waals surface area contributed by atoms with Gasteiger partial charge in [-0.15, -0.1) is 0 Å². The minimum Gasteiger partial charge on any atom is -0.300 e. The van der Waals surface area contributed by atoms with Gasteiger partial charge in [-0.25, -0.2) is 9.38 Å². The molecule has 0 bridgehead atoms. The number of hydrogen-bond donors (Lipinski definition) is 1. The molecule has 0 radical (unpaired) electrons. The molecule has 2 aromatic rings. The molecule has 3 nitrogen and oxygen atoms in total. The molecule has 1 aliphatic heterocycles. The second-order valence-corrected chi connectivity index (χ2v) is 5.89. The van der Waals surface area contributed by atoms with Gasteiger partial charge in [-0.05, 0) is 36.0 Å². The number of halogens is 2. The van der Waals surface area contributed by atoms with Gasteiger partial charge in [0.2, 0.25) is 0 Å². The summed E-state index contributed by atoms with van der Waals surface area (Å²) in [5, 5.41) is 3.56. The van der Waals surface area contributed by atoms with Crippen molar-refractivity contribution in [2.75, 3.05) is 0 Å². The highest BCUT2D eigenvalue weighted by Crippen LogP contribution is 2.30. The number of amides is 1. The Hall–Kier alpha value is -2.11. The van der Waals surface area contributed by atoms with Gasteiger partial charge in [-0.3, -0.25) is 4.79 Å². The number of nitrogens with one attached hydrogen (secondary N) is 1. The maximum absolute atomic E-state index is 13.6. The van der Waals surface area contributed by atoms with E-state index >= 15 is 0 Å². The van der Waals surface area contributed by atoms with Gasteiger partial charge in [0.15, 0.2) is 5.17 Å². The molecule has 110 valence electrons. The fraction of sp³-hybridized carbons (Fsp3) is 0. The molecular weight excluding hydrogens is 323 g/mol. The van der Waals surface area contributed by atoms with Crippen LogP contribution in [0.25, 0.3) is 6.08 Å². The number of nitrogens with zero attached hydrogens (tertiary/aromatic N) is 1.